The zero-order valence-electron chi connectivity index (χ0n) is 14.5. The summed E-state index contributed by atoms with van der Waals surface area (Å²) in [4.78, 5) is 11.8. The van der Waals surface area contributed by atoms with Crippen LogP contribution in [0.2, 0.25) is 0 Å². The number of hydrogen-bond acceptors (Lipinski definition) is 3. The number of carbonyl (C=O) groups is 1. The molecule has 1 amide bonds. The van der Waals surface area contributed by atoms with Crippen molar-refractivity contribution in [1.29, 1.82) is 0 Å². The monoisotopic (exact) mass is 450 g/mol. The van der Waals surface area contributed by atoms with E-state index in [1.165, 1.54) is 18.4 Å². The van der Waals surface area contributed by atoms with Crippen LogP contribution in [0.4, 0.5) is 0 Å². The Labute approximate surface area is 162 Å². The summed E-state index contributed by atoms with van der Waals surface area (Å²) in [6.45, 7) is 4.35. The van der Waals surface area contributed by atoms with E-state index >= 15 is 0 Å². The number of benzene rings is 2. The van der Waals surface area contributed by atoms with Crippen molar-refractivity contribution in [2.45, 2.75) is 32.6 Å². The number of halogens is 1. The zero-order chi connectivity index (χ0) is 18.1. The van der Waals surface area contributed by atoms with Crippen LogP contribution in [0.25, 0.3) is 0 Å². The molecule has 0 saturated carbocycles. The second kappa shape index (κ2) is 10.2. The van der Waals surface area contributed by atoms with Crippen molar-refractivity contribution in [2.75, 3.05) is 6.61 Å². The first kappa shape index (κ1) is 19.4. The Hall–Kier alpha value is -1.89. The maximum Gasteiger partial charge on any atom is 0.277 e. The van der Waals surface area contributed by atoms with Crippen LogP contribution < -0.4 is 10.2 Å². The highest BCUT2D eigenvalue weighted by atomic mass is 127. The smallest absolute Gasteiger partial charge is 0.277 e. The first-order chi connectivity index (χ1) is 12.1. The molecule has 0 saturated heterocycles. The Morgan fingerprint density at radius 1 is 1.28 bits per heavy atom. The molecule has 0 aliphatic carbocycles. The van der Waals surface area contributed by atoms with Gasteiger partial charge in [-0.3, -0.25) is 4.79 Å². The fourth-order valence-electron chi connectivity index (χ4n) is 2.44. The van der Waals surface area contributed by atoms with Crippen LogP contribution in [0.5, 0.6) is 5.75 Å². The van der Waals surface area contributed by atoms with Crippen molar-refractivity contribution >= 4 is 34.7 Å². The van der Waals surface area contributed by atoms with Crippen LogP contribution in [0.3, 0.4) is 0 Å². The maximum atomic E-state index is 11.8. The van der Waals surface area contributed by atoms with E-state index in [4.69, 9.17) is 4.74 Å². The average molecular weight is 450 g/mol. The molecular formula is C20H23IN2O2. The number of carbonyl (C=O) groups excluding carboxylic acids is 1. The first-order valence-corrected chi connectivity index (χ1v) is 9.46. The summed E-state index contributed by atoms with van der Waals surface area (Å²) >= 11 is 2.23. The van der Waals surface area contributed by atoms with Crippen LogP contribution in [0, 0.1) is 3.57 Å². The van der Waals surface area contributed by atoms with Gasteiger partial charge in [0, 0.05) is 3.57 Å². The number of amides is 1. The van der Waals surface area contributed by atoms with Crippen LogP contribution in [0.1, 0.15) is 43.7 Å². The van der Waals surface area contributed by atoms with Gasteiger partial charge >= 0.3 is 0 Å². The Kier molecular flexibility index (Phi) is 7.91. The van der Waals surface area contributed by atoms with Crippen molar-refractivity contribution in [1.82, 2.24) is 5.43 Å². The van der Waals surface area contributed by atoms with Gasteiger partial charge in [0.2, 0.25) is 0 Å². The van der Waals surface area contributed by atoms with Crippen molar-refractivity contribution < 1.29 is 9.53 Å². The van der Waals surface area contributed by atoms with Crippen molar-refractivity contribution in [3.8, 4) is 5.75 Å². The summed E-state index contributed by atoms with van der Waals surface area (Å²) in [5, 5.41) is 3.94. The molecule has 132 valence electrons. The predicted molar refractivity (Wildman–Crippen MR) is 110 cm³/mol. The molecule has 4 nitrogen and oxygen atoms in total. The molecular weight excluding hydrogens is 427 g/mol. The number of nitrogens with one attached hydrogen (secondary N) is 1. The highest BCUT2D eigenvalue weighted by molar-refractivity contribution is 14.1. The SMILES string of the molecule is CCC[C@H](C)c1ccc(OCC(=O)N/N=C\c2cccc(I)c2)cc1. The normalized spacial score (nSPS) is 12.1. The van der Waals surface area contributed by atoms with Gasteiger partial charge in [0.05, 0.1) is 6.21 Å². The largest absolute Gasteiger partial charge is 0.484 e. The lowest BCUT2D eigenvalue weighted by Crippen LogP contribution is -2.24. The molecule has 0 spiro atoms. The minimum absolute atomic E-state index is 0.0620. The standard InChI is InChI=1S/C20H23IN2O2/c1-3-5-15(2)17-8-10-19(11-9-17)25-14-20(24)23-22-13-16-6-4-7-18(21)12-16/h4,6-13,15H,3,5,14H2,1-2H3,(H,23,24)/b22-13-/t15-/m0/s1. The van der Waals surface area contributed by atoms with Gasteiger partial charge in [-0.2, -0.15) is 5.10 Å². The van der Waals surface area contributed by atoms with E-state index in [9.17, 15) is 4.79 Å². The number of rotatable bonds is 8. The molecule has 0 heterocycles. The molecule has 2 aromatic carbocycles. The van der Waals surface area contributed by atoms with Gasteiger partial charge in [0.25, 0.3) is 5.91 Å². The molecule has 2 aromatic rings. The van der Waals surface area contributed by atoms with Gasteiger partial charge in [0.15, 0.2) is 6.61 Å². The Bertz CT molecular complexity index is 714. The van der Waals surface area contributed by atoms with Crippen molar-refractivity contribution in [3.05, 3.63) is 63.2 Å². The van der Waals surface area contributed by atoms with Gasteiger partial charge in [0.1, 0.15) is 5.75 Å². The molecule has 0 unspecified atom stereocenters. The lowest BCUT2D eigenvalue weighted by atomic mass is 9.97. The summed E-state index contributed by atoms with van der Waals surface area (Å²) < 4.78 is 6.62. The van der Waals surface area contributed by atoms with E-state index in [2.05, 4.69) is 59.1 Å². The summed E-state index contributed by atoms with van der Waals surface area (Å²) in [7, 11) is 0. The van der Waals surface area contributed by atoms with Gasteiger partial charge < -0.3 is 4.74 Å². The summed E-state index contributed by atoms with van der Waals surface area (Å²) in [5.74, 6) is 0.937. The van der Waals surface area contributed by atoms with Crippen molar-refractivity contribution in [2.24, 2.45) is 5.10 Å². The Balaban J connectivity index is 1.78. The molecule has 1 N–H and O–H groups in total. The van der Waals surface area contributed by atoms with Crippen LogP contribution >= 0.6 is 22.6 Å². The maximum absolute atomic E-state index is 11.8. The molecule has 0 radical (unpaired) electrons. The van der Waals surface area contributed by atoms with E-state index in [0.29, 0.717) is 11.7 Å². The highest BCUT2D eigenvalue weighted by Gasteiger charge is 2.05. The topological polar surface area (TPSA) is 50.7 Å². The summed E-state index contributed by atoms with van der Waals surface area (Å²) in [5.41, 5.74) is 4.70. The molecule has 25 heavy (non-hydrogen) atoms. The van der Waals surface area contributed by atoms with Gasteiger partial charge in [-0.25, -0.2) is 5.43 Å². The van der Waals surface area contributed by atoms with E-state index < -0.39 is 0 Å². The molecule has 0 aliphatic heterocycles. The van der Waals surface area contributed by atoms with Crippen LogP contribution in [0.15, 0.2) is 53.6 Å². The number of hydrogen-bond donors (Lipinski definition) is 1. The van der Waals surface area contributed by atoms with Gasteiger partial charge in [-0.1, -0.05) is 44.5 Å². The third kappa shape index (κ3) is 6.86. The number of ether oxygens (including phenoxy) is 1. The molecule has 0 bridgehead atoms. The van der Waals surface area contributed by atoms with E-state index in [1.54, 1.807) is 6.21 Å². The van der Waals surface area contributed by atoms with Gasteiger partial charge in [-0.05, 0) is 70.3 Å². The summed E-state index contributed by atoms with van der Waals surface area (Å²) in [6.07, 6.45) is 3.95. The second-order valence-corrected chi connectivity index (χ2v) is 7.14. The summed E-state index contributed by atoms with van der Waals surface area (Å²) in [6, 6.07) is 15.8. The molecule has 2 rings (SSSR count). The molecule has 0 fully saturated rings. The van der Waals surface area contributed by atoms with Crippen LogP contribution in [-0.2, 0) is 4.79 Å². The third-order valence-electron chi connectivity index (χ3n) is 3.79. The molecule has 1 atom stereocenters. The lowest BCUT2D eigenvalue weighted by molar-refractivity contribution is -0.123. The molecule has 0 aromatic heterocycles. The second-order valence-electron chi connectivity index (χ2n) is 5.90. The average Bonchev–Trinajstić information content (AvgIpc) is 2.61. The zero-order valence-corrected chi connectivity index (χ0v) is 16.7. The minimum Gasteiger partial charge on any atom is -0.484 e. The first-order valence-electron chi connectivity index (χ1n) is 8.38. The van der Waals surface area contributed by atoms with Crippen molar-refractivity contribution in [3.63, 3.8) is 0 Å². The fourth-order valence-corrected chi connectivity index (χ4v) is 3.01. The highest BCUT2D eigenvalue weighted by Crippen LogP contribution is 2.22. The van der Waals surface area contributed by atoms with E-state index in [-0.39, 0.29) is 12.5 Å². The van der Waals surface area contributed by atoms with Crippen LogP contribution in [-0.4, -0.2) is 18.7 Å². The Morgan fingerprint density at radius 3 is 2.72 bits per heavy atom. The van der Waals surface area contributed by atoms with E-state index in [1.807, 2.05) is 36.4 Å². The third-order valence-corrected chi connectivity index (χ3v) is 4.46. The number of hydrazone groups is 1. The predicted octanol–water partition coefficient (Wildman–Crippen LogP) is 4.72. The molecule has 5 heteroatoms. The Morgan fingerprint density at radius 2 is 2.04 bits per heavy atom. The quantitative estimate of drug-likeness (QED) is 0.360. The fraction of sp³-hybridized carbons (Fsp3) is 0.300. The molecule has 0 aliphatic rings. The van der Waals surface area contributed by atoms with E-state index in [0.717, 1.165) is 9.13 Å². The minimum atomic E-state index is -0.287. The van der Waals surface area contributed by atoms with Gasteiger partial charge in [-0.15, -0.1) is 0 Å². The number of nitrogens with zero attached hydrogens (tertiary/aromatic N) is 1. The lowest BCUT2D eigenvalue weighted by Gasteiger charge is -2.11.